The zero-order chi connectivity index (χ0) is 55.2. The Morgan fingerprint density at radius 3 is 1.47 bits per heavy atom. The number of nitrogens with zero attached hydrogens (tertiary/aromatic N) is 2. The van der Waals surface area contributed by atoms with E-state index in [4.69, 9.17) is 38.1 Å². The number of benzene rings is 4. The summed E-state index contributed by atoms with van der Waals surface area (Å²) in [6.07, 6.45) is 13.2. The van der Waals surface area contributed by atoms with Gasteiger partial charge in [-0.2, -0.15) is 0 Å². The molecule has 1 aromatic heterocycles. The van der Waals surface area contributed by atoms with E-state index in [1.54, 1.807) is 48.5 Å². The number of rotatable bonds is 29. The van der Waals surface area contributed by atoms with E-state index >= 15 is 0 Å². The van der Waals surface area contributed by atoms with Gasteiger partial charge in [0.05, 0.1) is 49.1 Å². The fourth-order valence-corrected chi connectivity index (χ4v) is 10.4. The van der Waals surface area contributed by atoms with Crippen molar-refractivity contribution >= 4 is 62.9 Å². The number of hydrogen-bond donors (Lipinski definition) is 0. The second kappa shape index (κ2) is 29.7. The number of carbonyl (C=O) groups excluding carboxylic acids is 6. The van der Waals surface area contributed by atoms with Crippen molar-refractivity contribution in [3.05, 3.63) is 126 Å². The molecule has 2 saturated carbocycles. The molecule has 4 aromatic carbocycles. The van der Waals surface area contributed by atoms with Crippen LogP contribution in [0.15, 0.2) is 110 Å². The second-order valence-electron chi connectivity index (χ2n) is 19.4. The number of hydrogen-bond acceptors (Lipinski definition) is 17. The summed E-state index contributed by atoms with van der Waals surface area (Å²) in [6, 6.07) is 23.4. The van der Waals surface area contributed by atoms with Crippen molar-refractivity contribution < 1.29 is 66.8 Å². The van der Waals surface area contributed by atoms with Gasteiger partial charge in [0.2, 0.25) is 0 Å². The number of esters is 5. The van der Waals surface area contributed by atoms with E-state index in [0.717, 1.165) is 74.8 Å². The number of fused-ring (bicyclic) bond motifs is 1. The number of aromatic nitrogens is 1. The van der Waals surface area contributed by atoms with Crippen LogP contribution in [0.3, 0.4) is 0 Å². The number of ether oxygens (including phenoxy) is 7. The van der Waals surface area contributed by atoms with Crippen LogP contribution < -0.4 is 23.7 Å². The molecule has 0 amide bonds. The standard InChI is InChI=1S/C60H66N2O15S/c1-3-53(64)73-37-11-7-5-9-35-71-47-27-13-40(14-28-47)39-50(63)41-15-17-44(18-16-41)60(68)77-52-34-33-51(55-56(52)78-57(61-55)42-23-25-46(26-24-42)62(69)70)76-59(67)45-21-19-43(20-22-45)58(66)75-49-31-29-48(30-32-49)72-36-10-6-8-12-38-74-54(65)4-2/h3-4,13-14,23-34,41,43-45H,1-2,5-12,15-22,35-39H2. The number of unbranched alkanes of at least 4 members (excludes halogenated alkanes) is 6. The van der Waals surface area contributed by atoms with E-state index in [0.29, 0.717) is 105 Å². The molecule has 17 nitrogen and oxygen atoms in total. The molecule has 2 aliphatic rings. The average Bonchev–Trinajstić information content (AvgIpc) is 3.99. The van der Waals surface area contributed by atoms with Gasteiger partial charge in [0.15, 0.2) is 11.5 Å². The maximum Gasteiger partial charge on any atom is 0.330 e. The van der Waals surface area contributed by atoms with Gasteiger partial charge in [-0.25, -0.2) is 14.6 Å². The first-order valence-electron chi connectivity index (χ1n) is 26.8. The van der Waals surface area contributed by atoms with E-state index < -0.39 is 46.6 Å². The lowest BCUT2D eigenvalue weighted by molar-refractivity contribution is -0.384. The summed E-state index contributed by atoms with van der Waals surface area (Å²) in [5.41, 5.74) is 1.66. The molecule has 18 heteroatoms. The van der Waals surface area contributed by atoms with Crippen molar-refractivity contribution in [2.75, 3.05) is 26.4 Å². The molecule has 0 spiro atoms. The number of carbonyl (C=O) groups is 6. The van der Waals surface area contributed by atoms with Gasteiger partial charge in [0, 0.05) is 42.2 Å². The van der Waals surface area contributed by atoms with Crippen molar-refractivity contribution in [2.24, 2.45) is 23.7 Å². The molecule has 412 valence electrons. The molecule has 2 aliphatic carbocycles. The van der Waals surface area contributed by atoms with Crippen LogP contribution in [0, 0.1) is 33.8 Å². The summed E-state index contributed by atoms with van der Waals surface area (Å²) in [5.74, 6) is -1.39. The van der Waals surface area contributed by atoms with E-state index in [1.807, 2.05) is 24.3 Å². The Kier molecular flexibility index (Phi) is 22.1. The van der Waals surface area contributed by atoms with Gasteiger partial charge in [-0.3, -0.25) is 29.3 Å². The minimum Gasteiger partial charge on any atom is -0.494 e. The first-order chi connectivity index (χ1) is 37.9. The smallest absolute Gasteiger partial charge is 0.330 e. The number of non-ortho nitro benzene ring substituents is 1. The maximum absolute atomic E-state index is 13.8. The van der Waals surface area contributed by atoms with E-state index in [9.17, 15) is 38.9 Å². The van der Waals surface area contributed by atoms with Crippen molar-refractivity contribution in [1.82, 2.24) is 4.98 Å². The van der Waals surface area contributed by atoms with Gasteiger partial charge < -0.3 is 33.2 Å². The lowest BCUT2D eigenvalue weighted by Gasteiger charge is -2.26. The number of Topliss-reactive ketones (excluding diaryl/α,β-unsaturated/α-hetero) is 1. The van der Waals surface area contributed by atoms with Crippen molar-refractivity contribution in [3.63, 3.8) is 0 Å². The number of nitro groups is 1. The summed E-state index contributed by atoms with van der Waals surface area (Å²) >= 11 is 1.20. The topological polar surface area (TPSA) is 223 Å². The lowest BCUT2D eigenvalue weighted by Crippen LogP contribution is -2.30. The Labute approximate surface area is 457 Å². The molecule has 0 saturated heterocycles. The SMILES string of the molecule is C=CC(=O)OCCCCCCOc1ccc(CC(=O)C2CCC(C(=O)Oc3ccc(OC(=O)C4CCC(C(=O)Oc5ccc(OCCCCCCOC(=O)C=C)cc5)CC4)c4nc(-c5ccc([N+](=O)[O-])cc5)sc34)CC2)cc1. The summed E-state index contributed by atoms with van der Waals surface area (Å²) in [5, 5.41) is 11.9. The van der Waals surface area contributed by atoms with Crippen molar-refractivity contribution in [1.29, 1.82) is 0 Å². The molecule has 0 bridgehead atoms. The lowest BCUT2D eigenvalue weighted by atomic mass is 9.79. The van der Waals surface area contributed by atoms with Gasteiger partial charge in [0.25, 0.3) is 5.69 Å². The maximum atomic E-state index is 13.8. The van der Waals surface area contributed by atoms with Gasteiger partial charge in [-0.05, 0) is 169 Å². The second-order valence-corrected chi connectivity index (χ2v) is 20.4. The van der Waals surface area contributed by atoms with Gasteiger partial charge in [0.1, 0.15) is 38.3 Å². The third kappa shape index (κ3) is 17.4. The fraction of sp³-hybridized carbons (Fsp3) is 0.417. The minimum atomic E-state index is -0.496. The highest BCUT2D eigenvalue weighted by Crippen LogP contribution is 2.43. The van der Waals surface area contributed by atoms with E-state index in [2.05, 4.69) is 13.2 Å². The fourth-order valence-electron chi connectivity index (χ4n) is 9.38. The Bertz CT molecular complexity index is 2700. The van der Waals surface area contributed by atoms with Crippen LogP contribution in [-0.4, -0.2) is 72.0 Å². The molecule has 7 rings (SSSR count). The molecule has 0 atom stereocenters. The highest BCUT2D eigenvalue weighted by atomic mass is 32.1. The number of nitro benzene ring substituents is 1. The molecule has 2 fully saturated rings. The molecular formula is C60H66N2O15S. The number of ketones is 1. The van der Waals surface area contributed by atoms with Gasteiger partial charge in [-0.1, -0.05) is 25.3 Å². The van der Waals surface area contributed by atoms with Crippen LogP contribution in [0.4, 0.5) is 5.69 Å². The summed E-state index contributed by atoms with van der Waals surface area (Å²) in [7, 11) is 0. The Balaban J connectivity index is 0.876. The van der Waals surface area contributed by atoms with Crippen LogP contribution in [0.5, 0.6) is 28.7 Å². The van der Waals surface area contributed by atoms with E-state index in [1.165, 1.54) is 23.5 Å². The predicted molar refractivity (Wildman–Crippen MR) is 291 cm³/mol. The van der Waals surface area contributed by atoms with Crippen molar-refractivity contribution in [3.8, 4) is 39.3 Å². The van der Waals surface area contributed by atoms with Crippen LogP contribution in [-0.2, 0) is 44.7 Å². The third-order valence-electron chi connectivity index (χ3n) is 13.9. The first-order valence-corrected chi connectivity index (χ1v) is 27.6. The zero-order valence-electron chi connectivity index (χ0n) is 43.7. The number of thiazole rings is 1. The Hall–Kier alpha value is -7.73. The summed E-state index contributed by atoms with van der Waals surface area (Å²) in [4.78, 5) is 92.1. The highest BCUT2D eigenvalue weighted by Gasteiger charge is 2.34. The van der Waals surface area contributed by atoms with E-state index in [-0.39, 0.29) is 46.8 Å². The summed E-state index contributed by atoms with van der Waals surface area (Å²) < 4.78 is 39.9. The first kappa shape index (κ1) is 58.0. The molecular weight excluding hydrogens is 1020 g/mol. The monoisotopic (exact) mass is 1090 g/mol. The minimum absolute atomic E-state index is 0.0894. The van der Waals surface area contributed by atoms with Crippen LogP contribution in [0.25, 0.3) is 20.8 Å². The Morgan fingerprint density at radius 2 is 0.974 bits per heavy atom. The molecule has 1 heterocycles. The third-order valence-corrected chi connectivity index (χ3v) is 15.0. The van der Waals surface area contributed by atoms with Crippen LogP contribution in [0.2, 0.25) is 0 Å². The molecule has 0 aliphatic heterocycles. The average molecular weight is 1090 g/mol. The highest BCUT2D eigenvalue weighted by molar-refractivity contribution is 7.22. The van der Waals surface area contributed by atoms with Gasteiger partial charge >= 0.3 is 29.8 Å². The zero-order valence-corrected chi connectivity index (χ0v) is 44.6. The van der Waals surface area contributed by atoms with Gasteiger partial charge in [-0.15, -0.1) is 11.3 Å². The molecule has 0 N–H and O–H groups in total. The van der Waals surface area contributed by atoms with Crippen LogP contribution >= 0.6 is 11.3 Å². The normalized spacial score (nSPS) is 17.0. The molecule has 0 radical (unpaired) electrons. The molecule has 5 aromatic rings. The van der Waals surface area contributed by atoms with Crippen molar-refractivity contribution in [2.45, 2.75) is 109 Å². The molecule has 78 heavy (non-hydrogen) atoms. The quantitative estimate of drug-likeness (QED) is 0.0108. The molecule has 0 unspecified atom stereocenters. The summed E-state index contributed by atoms with van der Waals surface area (Å²) in [6.45, 7) is 8.58. The largest absolute Gasteiger partial charge is 0.494 e. The van der Waals surface area contributed by atoms with Crippen LogP contribution in [0.1, 0.15) is 108 Å². The predicted octanol–water partition coefficient (Wildman–Crippen LogP) is 12.0. The Morgan fingerprint density at radius 1 is 0.538 bits per heavy atom.